The van der Waals surface area contributed by atoms with Gasteiger partial charge < -0.3 is 10.6 Å². The summed E-state index contributed by atoms with van der Waals surface area (Å²) < 4.78 is 27.6. The molecule has 1 aromatic rings. The van der Waals surface area contributed by atoms with Gasteiger partial charge in [0, 0.05) is 19.2 Å². The van der Waals surface area contributed by atoms with Gasteiger partial charge in [-0.05, 0) is 36.0 Å². The van der Waals surface area contributed by atoms with Gasteiger partial charge in [0.2, 0.25) is 0 Å². The SMILES string of the molecule is CNc1nc(NC2C3(C)CCC(C3)C2(C)C)c(F)cc1F. The smallest absolute Gasteiger partial charge is 0.168 e. The summed E-state index contributed by atoms with van der Waals surface area (Å²) in [6.07, 6.45) is 3.56. The van der Waals surface area contributed by atoms with Crippen molar-refractivity contribution in [1.29, 1.82) is 0 Å². The molecule has 0 aromatic carbocycles. The predicted molar refractivity (Wildman–Crippen MR) is 80.3 cm³/mol. The Morgan fingerprint density at radius 1 is 1.19 bits per heavy atom. The van der Waals surface area contributed by atoms with E-state index in [4.69, 9.17) is 0 Å². The van der Waals surface area contributed by atoms with E-state index in [0.717, 1.165) is 12.5 Å². The maximum Gasteiger partial charge on any atom is 0.168 e. The van der Waals surface area contributed by atoms with Crippen molar-refractivity contribution in [2.75, 3.05) is 17.7 Å². The highest BCUT2D eigenvalue weighted by Crippen LogP contribution is 2.63. The molecule has 1 heterocycles. The lowest BCUT2D eigenvalue weighted by Crippen LogP contribution is -2.46. The zero-order chi connectivity index (χ0) is 15.4. The first-order chi connectivity index (χ1) is 9.78. The molecule has 3 rings (SSSR count). The van der Waals surface area contributed by atoms with Crippen LogP contribution in [0.4, 0.5) is 20.4 Å². The van der Waals surface area contributed by atoms with Crippen LogP contribution >= 0.6 is 0 Å². The van der Waals surface area contributed by atoms with Crippen LogP contribution in [-0.2, 0) is 0 Å². The summed E-state index contributed by atoms with van der Waals surface area (Å²) >= 11 is 0. The van der Waals surface area contributed by atoms with Crippen LogP contribution < -0.4 is 10.6 Å². The van der Waals surface area contributed by atoms with E-state index in [-0.39, 0.29) is 28.5 Å². The number of hydrogen-bond donors (Lipinski definition) is 2. The summed E-state index contributed by atoms with van der Waals surface area (Å²) in [5.41, 5.74) is 0.256. The van der Waals surface area contributed by atoms with E-state index in [2.05, 4.69) is 36.4 Å². The van der Waals surface area contributed by atoms with Crippen molar-refractivity contribution in [3.05, 3.63) is 17.7 Å². The Balaban J connectivity index is 1.93. The molecule has 2 aliphatic rings. The van der Waals surface area contributed by atoms with E-state index in [1.54, 1.807) is 7.05 Å². The Bertz CT molecular complexity index is 568. The van der Waals surface area contributed by atoms with Gasteiger partial charge >= 0.3 is 0 Å². The minimum atomic E-state index is -0.668. The zero-order valence-electron chi connectivity index (χ0n) is 13.1. The van der Waals surface area contributed by atoms with Gasteiger partial charge in [-0.3, -0.25) is 0 Å². The van der Waals surface area contributed by atoms with Crippen molar-refractivity contribution in [2.45, 2.75) is 46.1 Å². The summed E-state index contributed by atoms with van der Waals surface area (Å²) in [6.45, 7) is 6.74. The van der Waals surface area contributed by atoms with Crippen LogP contribution in [0.3, 0.4) is 0 Å². The van der Waals surface area contributed by atoms with E-state index in [0.29, 0.717) is 5.92 Å². The van der Waals surface area contributed by atoms with Gasteiger partial charge in [-0.15, -0.1) is 0 Å². The summed E-state index contributed by atoms with van der Waals surface area (Å²) in [6, 6.07) is 1.05. The van der Waals surface area contributed by atoms with Crippen LogP contribution in [0.1, 0.15) is 40.0 Å². The molecule has 2 N–H and O–H groups in total. The largest absolute Gasteiger partial charge is 0.371 e. The summed E-state index contributed by atoms with van der Waals surface area (Å²) in [5, 5.41) is 5.94. The summed E-state index contributed by atoms with van der Waals surface area (Å²) in [5.74, 6) is -0.419. The van der Waals surface area contributed by atoms with Gasteiger partial charge in [0.05, 0.1) is 0 Å². The van der Waals surface area contributed by atoms with Gasteiger partial charge in [0.1, 0.15) is 0 Å². The quantitative estimate of drug-likeness (QED) is 0.884. The van der Waals surface area contributed by atoms with Crippen molar-refractivity contribution in [3.63, 3.8) is 0 Å². The normalized spacial score (nSPS) is 33.2. The van der Waals surface area contributed by atoms with Crippen LogP contribution in [0.5, 0.6) is 0 Å². The monoisotopic (exact) mass is 295 g/mol. The van der Waals surface area contributed by atoms with Crippen molar-refractivity contribution in [1.82, 2.24) is 4.98 Å². The Hall–Kier alpha value is -1.39. The van der Waals surface area contributed by atoms with Crippen LogP contribution in [0.2, 0.25) is 0 Å². The number of hydrogen-bond acceptors (Lipinski definition) is 3. The van der Waals surface area contributed by atoms with Crippen LogP contribution in [0.15, 0.2) is 6.07 Å². The summed E-state index contributed by atoms with van der Waals surface area (Å²) in [7, 11) is 1.58. The standard InChI is InChI=1S/C16H23F2N3/c1-15(2)9-5-6-16(3,8-9)14(15)21-13-11(18)7-10(17)12(19-4)20-13/h7,9,14H,5-6,8H2,1-4H3,(H2,19,20,21). The van der Waals surface area contributed by atoms with E-state index in [1.807, 2.05) is 0 Å². The third-order valence-electron chi connectivity index (χ3n) is 5.72. The molecule has 0 radical (unpaired) electrons. The molecule has 5 heteroatoms. The highest BCUT2D eigenvalue weighted by atomic mass is 19.1. The maximum atomic E-state index is 14.0. The van der Waals surface area contributed by atoms with Crippen molar-refractivity contribution >= 4 is 11.6 Å². The molecule has 2 saturated carbocycles. The lowest BCUT2D eigenvalue weighted by molar-refractivity contribution is 0.155. The molecule has 3 unspecified atom stereocenters. The van der Waals surface area contributed by atoms with Crippen molar-refractivity contribution in [3.8, 4) is 0 Å². The van der Waals surface area contributed by atoms with Gasteiger partial charge in [-0.1, -0.05) is 20.8 Å². The zero-order valence-corrected chi connectivity index (χ0v) is 13.1. The fourth-order valence-electron chi connectivity index (χ4n) is 4.54. The average molecular weight is 295 g/mol. The number of rotatable bonds is 3. The molecule has 1 aromatic heterocycles. The molecular formula is C16H23F2N3. The topological polar surface area (TPSA) is 37.0 Å². The van der Waals surface area contributed by atoms with Crippen molar-refractivity contribution in [2.24, 2.45) is 16.7 Å². The first kappa shape index (κ1) is 14.5. The van der Waals surface area contributed by atoms with Gasteiger partial charge in [-0.2, -0.15) is 0 Å². The highest BCUT2D eigenvalue weighted by Gasteiger charge is 2.59. The Morgan fingerprint density at radius 2 is 1.86 bits per heavy atom. The highest BCUT2D eigenvalue weighted by molar-refractivity contribution is 5.48. The Kier molecular flexibility index (Phi) is 3.15. The number of fused-ring (bicyclic) bond motifs is 2. The molecular weight excluding hydrogens is 272 g/mol. The molecule has 2 fully saturated rings. The molecule has 0 spiro atoms. The average Bonchev–Trinajstić information content (AvgIpc) is 2.88. The predicted octanol–water partition coefficient (Wildman–Crippen LogP) is 4.03. The maximum absolute atomic E-state index is 14.0. The second kappa shape index (κ2) is 4.55. The first-order valence-electron chi connectivity index (χ1n) is 7.58. The third-order valence-corrected chi connectivity index (χ3v) is 5.72. The Morgan fingerprint density at radius 3 is 2.43 bits per heavy atom. The van der Waals surface area contributed by atoms with E-state index in [1.165, 1.54) is 12.8 Å². The number of anilines is 2. The molecule has 21 heavy (non-hydrogen) atoms. The Labute approximate surface area is 124 Å². The fraction of sp³-hybridized carbons (Fsp3) is 0.688. The van der Waals surface area contributed by atoms with E-state index >= 15 is 0 Å². The van der Waals surface area contributed by atoms with E-state index in [9.17, 15) is 8.78 Å². The molecule has 0 amide bonds. The molecule has 3 nitrogen and oxygen atoms in total. The van der Waals surface area contributed by atoms with Crippen LogP contribution in [-0.4, -0.2) is 18.1 Å². The number of aromatic nitrogens is 1. The number of nitrogens with zero attached hydrogens (tertiary/aromatic N) is 1. The minimum Gasteiger partial charge on any atom is -0.371 e. The van der Waals surface area contributed by atoms with Crippen LogP contribution in [0.25, 0.3) is 0 Å². The molecule has 116 valence electrons. The molecule has 2 aliphatic carbocycles. The minimum absolute atomic E-state index is 0.0741. The molecule has 0 aliphatic heterocycles. The van der Waals surface area contributed by atoms with Crippen LogP contribution in [0, 0.1) is 28.4 Å². The molecule has 0 saturated heterocycles. The summed E-state index contributed by atoms with van der Waals surface area (Å²) in [4.78, 5) is 4.06. The molecule has 2 bridgehead atoms. The van der Waals surface area contributed by atoms with Gasteiger partial charge in [0.25, 0.3) is 0 Å². The van der Waals surface area contributed by atoms with Gasteiger partial charge in [-0.25, -0.2) is 13.8 Å². The van der Waals surface area contributed by atoms with Crippen molar-refractivity contribution < 1.29 is 8.78 Å². The van der Waals surface area contributed by atoms with Gasteiger partial charge in [0.15, 0.2) is 23.3 Å². The second-order valence-electron chi connectivity index (χ2n) is 7.39. The number of nitrogens with one attached hydrogen (secondary N) is 2. The lowest BCUT2D eigenvalue weighted by Gasteiger charge is -2.43. The number of pyridine rings is 1. The first-order valence-corrected chi connectivity index (χ1v) is 7.58. The fourth-order valence-corrected chi connectivity index (χ4v) is 4.54. The second-order valence-corrected chi connectivity index (χ2v) is 7.39. The third kappa shape index (κ3) is 2.09. The lowest BCUT2D eigenvalue weighted by atomic mass is 9.68. The number of halogens is 2. The molecule has 3 atom stereocenters. The van der Waals surface area contributed by atoms with E-state index < -0.39 is 11.6 Å².